The van der Waals surface area contributed by atoms with Crippen molar-refractivity contribution in [1.29, 1.82) is 0 Å². The number of carbonyl (C=O) groups is 1. The van der Waals surface area contributed by atoms with Crippen LogP contribution in [0.5, 0.6) is 0 Å². The normalized spacial score (nSPS) is 10.7. The van der Waals surface area contributed by atoms with Crippen LogP contribution in [-0.2, 0) is 17.9 Å². The molecule has 0 radical (unpaired) electrons. The molecule has 0 aliphatic carbocycles. The molecule has 0 aliphatic heterocycles. The lowest BCUT2D eigenvalue weighted by Crippen LogP contribution is -2.38. The molecule has 2 aromatic carbocycles. The first-order valence-electron chi connectivity index (χ1n) is 8.32. The van der Waals surface area contributed by atoms with Crippen molar-refractivity contribution in [2.75, 3.05) is 19.4 Å². The van der Waals surface area contributed by atoms with Crippen LogP contribution < -0.4 is 10.6 Å². The number of nitrogens with zero attached hydrogens (tertiary/aromatic N) is 2. The number of halogens is 1. The van der Waals surface area contributed by atoms with E-state index in [1.165, 1.54) is 18.1 Å². The Morgan fingerprint density at radius 1 is 1.15 bits per heavy atom. The number of rotatable bonds is 5. The highest BCUT2D eigenvalue weighted by Gasteiger charge is 2.08. The summed E-state index contributed by atoms with van der Waals surface area (Å²) in [5, 5.41) is 6.17. The van der Waals surface area contributed by atoms with E-state index in [2.05, 4.69) is 45.6 Å². The maximum atomic E-state index is 11.2. The van der Waals surface area contributed by atoms with E-state index in [1.807, 2.05) is 37.4 Å². The first kappa shape index (κ1) is 22.0. The fourth-order valence-electron chi connectivity index (χ4n) is 2.65. The summed E-state index contributed by atoms with van der Waals surface area (Å²) in [5.74, 6) is 0.757. The maximum Gasteiger partial charge on any atom is 0.221 e. The van der Waals surface area contributed by atoms with Crippen molar-refractivity contribution in [3.63, 3.8) is 0 Å². The minimum Gasteiger partial charge on any atom is -0.352 e. The van der Waals surface area contributed by atoms with Crippen molar-refractivity contribution in [1.82, 2.24) is 10.2 Å². The Hall–Kier alpha value is -2.09. The van der Waals surface area contributed by atoms with Crippen LogP contribution in [0.3, 0.4) is 0 Å². The summed E-state index contributed by atoms with van der Waals surface area (Å²) in [6, 6.07) is 16.2. The van der Waals surface area contributed by atoms with E-state index < -0.39 is 0 Å². The van der Waals surface area contributed by atoms with Crippen LogP contribution in [0.4, 0.5) is 5.69 Å². The minimum atomic E-state index is -0.0705. The van der Waals surface area contributed by atoms with Crippen molar-refractivity contribution in [2.45, 2.75) is 26.9 Å². The molecule has 140 valence electrons. The van der Waals surface area contributed by atoms with Gasteiger partial charge >= 0.3 is 0 Å². The van der Waals surface area contributed by atoms with Crippen molar-refractivity contribution < 1.29 is 4.79 Å². The molecular weight excluding hydrogens is 439 g/mol. The van der Waals surface area contributed by atoms with E-state index in [1.54, 1.807) is 7.05 Å². The van der Waals surface area contributed by atoms with Gasteiger partial charge in [-0.2, -0.15) is 0 Å². The number of aryl methyl sites for hydroxylation is 1. The SMILES string of the molecule is CN=C(NCc1cccc(NC(C)=O)c1)N(C)Cc1ccccc1C.I. The van der Waals surface area contributed by atoms with Crippen LogP contribution in [0.25, 0.3) is 0 Å². The Labute approximate surface area is 172 Å². The van der Waals surface area contributed by atoms with Crippen LogP contribution in [0.2, 0.25) is 0 Å². The Balaban J connectivity index is 0.00000338. The van der Waals surface area contributed by atoms with Gasteiger partial charge in [-0.15, -0.1) is 24.0 Å². The number of nitrogens with one attached hydrogen (secondary N) is 2. The summed E-state index contributed by atoms with van der Waals surface area (Å²) in [6.07, 6.45) is 0. The van der Waals surface area contributed by atoms with Crippen LogP contribution in [0.15, 0.2) is 53.5 Å². The van der Waals surface area contributed by atoms with Crippen molar-refractivity contribution in [2.24, 2.45) is 4.99 Å². The van der Waals surface area contributed by atoms with E-state index in [0.29, 0.717) is 6.54 Å². The molecule has 0 saturated carbocycles. The third kappa shape index (κ3) is 6.67. The molecule has 5 nitrogen and oxygen atoms in total. The van der Waals surface area contributed by atoms with E-state index in [-0.39, 0.29) is 29.9 Å². The van der Waals surface area contributed by atoms with Crippen molar-refractivity contribution in [3.8, 4) is 0 Å². The van der Waals surface area contributed by atoms with Crippen LogP contribution in [0, 0.1) is 6.92 Å². The molecule has 0 unspecified atom stereocenters. The Bertz CT molecular complexity index is 761. The third-order valence-corrected chi connectivity index (χ3v) is 3.94. The maximum absolute atomic E-state index is 11.2. The second kappa shape index (κ2) is 10.8. The molecular formula is C20H27IN4O. The molecule has 0 fully saturated rings. The van der Waals surface area contributed by atoms with E-state index >= 15 is 0 Å². The van der Waals surface area contributed by atoms with Gasteiger partial charge in [0.05, 0.1) is 0 Å². The van der Waals surface area contributed by atoms with Gasteiger partial charge in [0, 0.05) is 39.8 Å². The molecule has 2 aromatic rings. The fourth-order valence-corrected chi connectivity index (χ4v) is 2.65. The average molecular weight is 466 g/mol. The van der Waals surface area contributed by atoms with Crippen LogP contribution in [-0.4, -0.2) is 30.9 Å². The fraction of sp³-hybridized carbons (Fsp3) is 0.300. The summed E-state index contributed by atoms with van der Waals surface area (Å²) in [7, 11) is 3.81. The van der Waals surface area contributed by atoms with E-state index in [0.717, 1.165) is 23.8 Å². The van der Waals surface area contributed by atoms with Gasteiger partial charge in [0.1, 0.15) is 0 Å². The van der Waals surface area contributed by atoms with E-state index in [4.69, 9.17) is 0 Å². The smallest absolute Gasteiger partial charge is 0.221 e. The van der Waals surface area contributed by atoms with Gasteiger partial charge in [0.2, 0.25) is 5.91 Å². The largest absolute Gasteiger partial charge is 0.352 e. The number of amides is 1. The second-order valence-corrected chi connectivity index (χ2v) is 6.06. The molecule has 0 heterocycles. The molecule has 1 amide bonds. The molecule has 0 aromatic heterocycles. The third-order valence-electron chi connectivity index (χ3n) is 3.94. The topological polar surface area (TPSA) is 56.7 Å². The number of benzene rings is 2. The highest BCUT2D eigenvalue weighted by Crippen LogP contribution is 2.12. The van der Waals surface area contributed by atoms with Crippen LogP contribution in [0.1, 0.15) is 23.6 Å². The molecule has 0 atom stereocenters. The summed E-state index contributed by atoms with van der Waals surface area (Å²) in [5.41, 5.74) is 4.43. The molecule has 26 heavy (non-hydrogen) atoms. The number of guanidine groups is 1. The quantitative estimate of drug-likeness (QED) is 0.401. The summed E-state index contributed by atoms with van der Waals surface area (Å²) in [4.78, 5) is 17.6. The molecule has 2 N–H and O–H groups in total. The lowest BCUT2D eigenvalue weighted by Gasteiger charge is -2.23. The number of hydrogen-bond acceptors (Lipinski definition) is 2. The Kier molecular flexibility index (Phi) is 9.12. The lowest BCUT2D eigenvalue weighted by atomic mass is 10.1. The van der Waals surface area contributed by atoms with E-state index in [9.17, 15) is 4.79 Å². The highest BCUT2D eigenvalue weighted by molar-refractivity contribution is 14.0. The van der Waals surface area contributed by atoms with Gasteiger partial charge in [0.25, 0.3) is 0 Å². The number of carbonyl (C=O) groups excluding carboxylic acids is 1. The van der Waals surface area contributed by atoms with Gasteiger partial charge in [-0.3, -0.25) is 9.79 Å². The van der Waals surface area contributed by atoms with Crippen LogP contribution >= 0.6 is 24.0 Å². The monoisotopic (exact) mass is 466 g/mol. The summed E-state index contributed by atoms with van der Waals surface area (Å²) >= 11 is 0. The predicted molar refractivity (Wildman–Crippen MR) is 119 cm³/mol. The predicted octanol–water partition coefficient (Wildman–Crippen LogP) is 3.78. The minimum absolute atomic E-state index is 0. The number of hydrogen-bond donors (Lipinski definition) is 2. The average Bonchev–Trinajstić information content (AvgIpc) is 2.57. The van der Waals surface area contributed by atoms with Gasteiger partial charge in [-0.05, 0) is 35.7 Å². The van der Waals surface area contributed by atoms with Gasteiger partial charge in [0.15, 0.2) is 5.96 Å². The standard InChI is InChI=1S/C20H26N4O.HI/c1-15-8-5-6-10-18(15)14-24(4)20(21-3)22-13-17-9-7-11-19(12-17)23-16(2)25;/h5-12H,13-14H2,1-4H3,(H,21,22)(H,23,25);1H. The number of anilines is 1. The summed E-state index contributed by atoms with van der Waals surface area (Å²) in [6.45, 7) is 5.05. The zero-order chi connectivity index (χ0) is 18.2. The Morgan fingerprint density at radius 3 is 2.54 bits per heavy atom. The van der Waals surface area contributed by atoms with Crippen molar-refractivity contribution >= 4 is 41.5 Å². The molecule has 0 bridgehead atoms. The molecule has 0 aliphatic rings. The second-order valence-electron chi connectivity index (χ2n) is 6.06. The first-order chi connectivity index (χ1) is 12.0. The van der Waals surface area contributed by atoms with Gasteiger partial charge in [-0.25, -0.2) is 0 Å². The Morgan fingerprint density at radius 2 is 1.88 bits per heavy atom. The zero-order valence-electron chi connectivity index (χ0n) is 15.7. The van der Waals surface area contributed by atoms with Crippen molar-refractivity contribution in [3.05, 3.63) is 65.2 Å². The summed E-state index contributed by atoms with van der Waals surface area (Å²) < 4.78 is 0. The van der Waals surface area contributed by atoms with Gasteiger partial charge in [-0.1, -0.05) is 36.4 Å². The lowest BCUT2D eigenvalue weighted by molar-refractivity contribution is -0.114. The van der Waals surface area contributed by atoms with Gasteiger partial charge < -0.3 is 15.5 Å². The molecule has 0 spiro atoms. The first-order valence-corrected chi connectivity index (χ1v) is 8.32. The molecule has 2 rings (SSSR count). The zero-order valence-corrected chi connectivity index (χ0v) is 18.1. The molecule has 6 heteroatoms. The molecule has 0 saturated heterocycles. The number of aliphatic imine (C=N–C) groups is 1. The highest BCUT2D eigenvalue weighted by atomic mass is 127.